The van der Waals surface area contributed by atoms with E-state index in [1.165, 1.54) is 18.2 Å². The van der Waals surface area contributed by atoms with E-state index in [1.807, 2.05) is 17.0 Å². The van der Waals surface area contributed by atoms with E-state index in [1.54, 1.807) is 18.2 Å². The fraction of sp³-hybridized carbons (Fsp3) is 0.273. The van der Waals surface area contributed by atoms with Gasteiger partial charge in [0.1, 0.15) is 11.5 Å². The fourth-order valence-electron chi connectivity index (χ4n) is 3.78. The number of hydrogen-bond acceptors (Lipinski definition) is 2. The molecule has 1 atom stereocenters. The molecule has 2 heterocycles. The lowest BCUT2D eigenvalue weighted by Crippen LogP contribution is -2.44. The standard InChI is InChI=1S/C22H22ClFN4O2/c23-16-7-6-15-9-20(27-19(15)10-16)21(29)28-8-2-3-14(13-28)12-25-22(30)26-18-5-1-4-17(24)11-18/h1,4-7,9-11,14,27H,2-3,8,12-13H2,(H2,25,26,30). The van der Waals surface area contributed by atoms with Gasteiger partial charge in [0.15, 0.2) is 0 Å². The van der Waals surface area contributed by atoms with Crippen LogP contribution in [0.25, 0.3) is 10.9 Å². The molecule has 1 aromatic heterocycles. The highest BCUT2D eigenvalue weighted by Gasteiger charge is 2.25. The summed E-state index contributed by atoms with van der Waals surface area (Å²) in [6, 6.07) is 12.7. The summed E-state index contributed by atoms with van der Waals surface area (Å²) in [5.41, 5.74) is 1.76. The average molecular weight is 429 g/mol. The van der Waals surface area contributed by atoms with Gasteiger partial charge in [-0.15, -0.1) is 0 Å². The monoisotopic (exact) mass is 428 g/mol. The van der Waals surface area contributed by atoms with Crippen molar-refractivity contribution in [1.82, 2.24) is 15.2 Å². The number of fused-ring (bicyclic) bond motifs is 1. The molecule has 2 aromatic carbocycles. The van der Waals surface area contributed by atoms with E-state index >= 15 is 0 Å². The summed E-state index contributed by atoms with van der Waals surface area (Å²) >= 11 is 6.02. The second-order valence-corrected chi connectivity index (χ2v) is 7.96. The summed E-state index contributed by atoms with van der Waals surface area (Å²) in [7, 11) is 0. The Hall–Kier alpha value is -3.06. The normalized spacial score (nSPS) is 16.5. The zero-order valence-electron chi connectivity index (χ0n) is 16.3. The first-order chi connectivity index (χ1) is 14.5. The van der Waals surface area contributed by atoms with Crippen LogP contribution in [-0.2, 0) is 0 Å². The molecular formula is C22H22ClFN4O2. The molecule has 1 aliphatic heterocycles. The Morgan fingerprint density at radius 2 is 2.07 bits per heavy atom. The third kappa shape index (κ3) is 4.74. The molecule has 0 spiro atoms. The lowest BCUT2D eigenvalue weighted by Gasteiger charge is -2.32. The molecule has 1 fully saturated rings. The van der Waals surface area contributed by atoms with E-state index in [0.717, 1.165) is 23.7 Å². The van der Waals surface area contributed by atoms with Crippen LogP contribution in [0.4, 0.5) is 14.9 Å². The Labute approximate surface area is 178 Å². The van der Waals surface area contributed by atoms with Crippen LogP contribution < -0.4 is 10.6 Å². The lowest BCUT2D eigenvalue weighted by atomic mass is 9.98. The van der Waals surface area contributed by atoms with Crippen LogP contribution in [-0.4, -0.2) is 41.5 Å². The molecule has 3 aromatic rings. The van der Waals surface area contributed by atoms with Gasteiger partial charge in [-0.2, -0.15) is 0 Å². The maximum Gasteiger partial charge on any atom is 0.319 e. The number of aromatic nitrogens is 1. The molecule has 156 valence electrons. The molecule has 0 aliphatic carbocycles. The summed E-state index contributed by atoms with van der Waals surface area (Å²) < 4.78 is 13.2. The van der Waals surface area contributed by atoms with Crippen LogP contribution in [0.2, 0.25) is 5.02 Å². The molecule has 1 aliphatic rings. The number of nitrogens with zero attached hydrogens (tertiary/aromatic N) is 1. The number of rotatable bonds is 4. The smallest absolute Gasteiger partial charge is 0.319 e. The van der Waals surface area contributed by atoms with Crippen molar-refractivity contribution in [3.05, 3.63) is 65.1 Å². The molecule has 0 radical (unpaired) electrons. The molecule has 0 saturated carbocycles. The zero-order chi connectivity index (χ0) is 21.1. The molecule has 6 nitrogen and oxygen atoms in total. The fourth-order valence-corrected chi connectivity index (χ4v) is 3.95. The van der Waals surface area contributed by atoms with Gasteiger partial charge in [0, 0.05) is 41.2 Å². The molecule has 1 saturated heterocycles. The number of halogens is 2. The number of carbonyl (C=O) groups excluding carboxylic acids is 2. The number of amides is 3. The number of likely N-dealkylation sites (tertiary alicyclic amines) is 1. The summed E-state index contributed by atoms with van der Waals surface area (Å²) in [4.78, 5) is 30.0. The number of carbonyl (C=O) groups is 2. The number of hydrogen-bond donors (Lipinski definition) is 3. The van der Waals surface area contributed by atoms with Crippen molar-refractivity contribution >= 4 is 40.1 Å². The Morgan fingerprint density at radius 3 is 2.90 bits per heavy atom. The minimum atomic E-state index is -0.409. The maximum atomic E-state index is 13.2. The Kier molecular flexibility index (Phi) is 5.90. The van der Waals surface area contributed by atoms with Gasteiger partial charge >= 0.3 is 6.03 Å². The Balaban J connectivity index is 1.33. The molecule has 1 unspecified atom stereocenters. The van der Waals surface area contributed by atoms with E-state index < -0.39 is 11.8 Å². The third-order valence-corrected chi connectivity index (χ3v) is 5.49. The predicted molar refractivity (Wildman–Crippen MR) is 115 cm³/mol. The van der Waals surface area contributed by atoms with Gasteiger partial charge in [-0.05, 0) is 55.2 Å². The first-order valence-corrected chi connectivity index (χ1v) is 10.2. The van der Waals surface area contributed by atoms with Crippen molar-refractivity contribution in [1.29, 1.82) is 0 Å². The van der Waals surface area contributed by atoms with E-state index in [2.05, 4.69) is 15.6 Å². The summed E-state index contributed by atoms with van der Waals surface area (Å²) in [6.45, 7) is 1.68. The average Bonchev–Trinajstić information content (AvgIpc) is 3.15. The molecule has 3 amide bonds. The SMILES string of the molecule is O=C(NCC1CCCN(C(=O)c2cc3ccc(Cl)cc3[nH]2)C1)Nc1cccc(F)c1. The highest BCUT2D eigenvalue weighted by atomic mass is 35.5. The van der Waals surface area contributed by atoms with Crippen LogP contribution in [0.3, 0.4) is 0 Å². The summed E-state index contributed by atoms with van der Waals surface area (Å²) in [6.07, 6.45) is 1.79. The largest absolute Gasteiger partial charge is 0.350 e. The van der Waals surface area contributed by atoms with Gasteiger partial charge in [-0.3, -0.25) is 4.79 Å². The summed E-state index contributed by atoms with van der Waals surface area (Å²) in [5.74, 6) is -0.315. The number of piperidine rings is 1. The quantitative estimate of drug-likeness (QED) is 0.566. The number of aromatic amines is 1. The number of nitrogens with one attached hydrogen (secondary N) is 3. The Bertz CT molecular complexity index is 1080. The van der Waals surface area contributed by atoms with Gasteiger partial charge in [-0.25, -0.2) is 9.18 Å². The van der Waals surface area contributed by atoms with Crippen molar-refractivity contribution in [3.63, 3.8) is 0 Å². The van der Waals surface area contributed by atoms with Gasteiger partial charge < -0.3 is 20.5 Å². The third-order valence-electron chi connectivity index (χ3n) is 5.25. The molecule has 30 heavy (non-hydrogen) atoms. The van der Waals surface area contributed by atoms with Gasteiger partial charge in [0.2, 0.25) is 0 Å². The van der Waals surface area contributed by atoms with Crippen LogP contribution >= 0.6 is 11.6 Å². The molecular weight excluding hydrogens is 407 g/mol. The van der Waals surface area contributed by atoms with Crippen molar-refractivity contribution < 1.29 is 14.0 Å². The van der Waals surface area contributed by atoms with Crippen molar-refractivity contribution in [2.75, 3.05) is 25.0 Å². The number of urea groups is 1. The van der Waals surface area contributed by atoms with E-state index in [-0.39, 0.29) is 11.8 Å². The van der Waals surface area contributed by atoms with Gasteiger partial charge in [0.05, 0.1) is 0 Å². The maximum absolute atomic E-state index is 13.2. The van der Waals surface area contributed by atoms with Crippen LogP contribution in [0.15, 0.2) is 48.5 Å². The van der Waals surface area contributed by atoms with Crippen LogP contribution in [0, 0.1) is 11.7 Å². The molecule has 8 heteroatoms. The van der Waals surface area contributed by atoms with Crippen LogP contribution in [0.1, 0.15) is 23.3 Å². The highest BCUT2D eigenvalue weighted by molar-refractivity contribution is 6.31. The van der Waals surface area contributed by atoms with Gasteiger partial charge in [0.25, 0.3) is 5.91 Å². The second kappa shape index (κ2) is 8.75. The molecule has 0 bridgehead atoms. The zero-order valence-corrected chi connectivity index (χ0v) is 17.0. The van der Waals surface area contributed by atoms with Crippen LogP contribution in [0.5, 0.6) is 0 Å². The van der Waals surface area contributed by atoms with E-state index in [9.17, 15) is 14.0 Å². The number of H-pyrrole nitrogens is 1. The minimum Gasteiger partial charge on any atom is -0.350 e. The topological polar surface area (TPSA) is 77.2 Å². The van der Waals surface area contributed by atoms with E-state index in [4.69, 9.17) is 11.6 Å². The van der Waals surface area contributed by atoms with Crippen molar-refractivity contribution in [2.45, 2.75) is 12.8 Å². The van der Waals surface area contributed by atoms with Crippen molar-refractivity contribution in [2.24, 2.45) is 5.92 Å². The van der Waals surface area contributed by atoms with E-state index in [0.29, 0.717) is 36.0 Å². The van der Waals surface area contributed by atoms with Crippen molar-refractivity contribution in [3.8, 4) is 0 Å². The highest BCUT2D eigenvalue weighted by Crippen LogP contribution is 2.23. The molecule has 4 rings (SSSR count). The number of anilines is 1. The minimum absolute atomic E-state index is 0.0590. The Morgan fingerprint density at radius 1 is 1.20 bits per heavy atom. The van der Waals surface area contributed by atoms with Gasteiger partial charge in [-0.1, -0.05) is 23.7 Å². The first-order valence-electron chi connectivity index (χ1n) is 9.86. The molecule has 3 N–H and O–H groups in total. The lowest BCUT2D eigenvalue weighted by molar-refractivity contribution is 0.0670. The first kappa shape index (κ1) is 20.2. The summed E-state index contributed by atoms with van der Waals surface area (Å²) in [5, 5.41) is 6.98. The number of benzene rings is 2. The predicted octanol–water partition coefficient (Wildman–Crippen LogP) is 4.63. The second-order valence-electron chi connectivity index (χ2n) is 7.52.